The summed E-state index contributed by atoms with van der Waals surface area (Å²) in [5, 5.41) is 2.45. The highest BCUT2D eigenvalue weighted by molar-refractivity contribution is 5.12. The van der Waals surface area contributed by atoms with Gasteiger partial charge in [0.05, 0.1) is 6.54 Å². The molecular formula is C21H38BrN. The number of quaternary nitrogens is 1. The van der Waals surface area contributed by atoms with Crippen LogP contribution < -0.4 is 22.3 Å². The second-order valence-electron chi connectivity index (χ2n) is 6.66. The molecule has 1 aromatic rings. The van der Waals surface area contributed by atoms with E-state index in [0.29, 0.717) is 0 Å². The molecule has 0 heterocycles. The SMILES string of the molecule is CCCCCCCCCCCCCC[NH2+]Cc1ccccc1.[Br-]. The van der Waals surface area contributed by atoms with Crippen LogP contribution in [-0.4, -0.2) is 6.54 Å². The topological polar surface area (TPSA) is 16.6 Å². The van der Waals surface area contributed by atoms with Gasteiger partial charge in [-0.25, -0.2) is 0 Å². The average Bonchev–Trinajstić information content (AvgIpc) is 2.56. The van der Waals surface area contributed by atoms with Crippen LogP contribution in [0.1, 0.15) is 89.5 Å². The largest absolute Gasteiger partial charge is 1.00 e. The summed E-state index contributed by atoms with van der Waals surface area (Å²) in [6, 6.07) is 10.8. The summed E-state index contributed by atoms with van der Waals surface area (Å²) in [5.74, 6) is 0. The quantitative estimate of drug-likeness (QED) is 0.448. The molecule has 0 amide bonds. The third kappa shape index (κ3) is 15.0. The summed E-state index contributed by atoms with van der Waals surface area (Å²) in [5.41, 5.74) is 1.45. The van der Waals surface area contributed by atoms with Crippen molar-refractivity contribution in [3.63, 3.8) is 0 Å². The van der Waals surface area contributed by atoms with Crippen molar-refractivity contribution < 1.29 is 22.3 Å². The van der Waals surface area contributed by atoms with Crippen LogP contribution in [0.15, 0.2) is 30.3 Å². The lowest BCUT2D eigenvalue weighted by Gasteiger charge is -2.03. The van der Waals surface area contributed by atoms with Gasteiger partial charge in [-0.3, -0.25) is 0 Å². The highest BCUT2D eigenvalue weighted by atomic mass is 79.9. The third-order valence-corrected chi connectivity index (χ3v) is 4.48. The van der Waals surface area contributed by atoms with Crippen molar-refractivity contribution in [3.8, 4) is 0 Å². The van der Waals surface area contributed by atoms with E-state index in [-0.39, 0.29) is 17.0 Å². The van der Waals surface area contributed by atoms with E-state index in [1.807, 2.05) is 0 Å². The summed E-state index contributed by atoms with van der Waals surface area (Å²) in [7, 11) is 0. The van der Waals surface area contributed by atoms with Crippen molar-refractivity contribution in [2.45, 2.75) is 90.5 Å². The molecule has 1 nitrogen and oxygen atoms in total. The molecule has 0 saturated heterocycles. The maximum absolute atomic E-state index is 2.45. The van der Waals surface area contributed by atoms with Crippen molar-refractivity contribution in [2.24, 2.45) is 0 Å². The van der Waals surface area contributed by atoms with Crippen molar-refractivity contribution in [2.75, 3.05) is 6.54 Å². The van der Waals surface area contributed by atoms with Crippen LogP contribution in [0.2, 0.25) is 0 Å². The Morgan fingerprint density at radius 1 is 0.652 bits per heavy atom. The predicted molar refractivity (Wildman–Crippen MR) is 98.0 cm³/mol. The first-order chi connectivity index (χ1) is 10.9. The van der Waals surface area contributed by atoms with E-state index in [9.17, 15) is 0 Å². The van der Waals surface area contributed by atoms with Crippen LogP contribution in [-0.2, 0) is 6.54 Å². The molecule has 0 saturated carbocycles. The van der Waals surface area contributed by atoms with E-state index in [4.69, 9.17) is 0 Å². The van der Waals surface area contributed by atoms with E-state index < -0.39 is 0 Å². The molecule has 23 heavy (non-hydrogen) atoms. The Bertz CT molecular complexity index is 326. The Hall–Kier alpha value is -0.340. The Labute approximate surface area is 155 Å². The van der Waals surface area contributed by atoms with Gasteiger partial charge in [0.15, 0.2) is 0 Å². The summed E-state index contributed by atoms with van der Waals surface area (Å²) >= 11 is 0. The van der Waals surface area contributed by atoms with Gasteiger partial charge in [0.25, 0.3) is 0 Å². The highest BCUT2D eigenvalue weighted by Crippen LogP contribution is 2.11. The molecule has 0 aliphatic rings. The van der Waals surface area contributed by atoms with Gasteiger partial charge in [-0.1, -0.05) is 101 Å². The molecule has 0 bridgehead atoms. The molecular weight excluding hydrogens is 346 g/mol. The zero-order valence-corrected chi connectivity index (χ0v) is 16.8. The molecule has 0 aromatic heterocycles. The minimum Gasteiger partial charge on any atom is -1.00 e. The van der Waals surface area contributed by atoms with Crippen LogP contribution >= 0.6 is 0 Å². The number of unbranched alkanes of at least 4 members (excludes halogenated alkanes) is 11. The lowest BCUT2D eigenvalue weighted by Crippen LogP contribution is -3.00. The summed E-state index contributed by atoms with van der Waals surface area (Å²) in [4.78, 5) is 0. The van der Waals surface area contributed by atoms with E-state index in [1.165, 1.54) is 89.2 Å². The van der Waals surface area contributed by atoms with Crippen molar-refractivity contribution in [1.29, 1.82) is 0 Å². The second kappa shape index (κ2) is 18.0. The maximum Gasteiger partial charge on any atom is 0.101 e. The van der Waals surface area contributed by atoms with E-state index in [1.54, 1.807) is 0 Å². The molecule has 0 atom stereocenters. The fourth-order valence-electron chi connectivity index (χ4n) is 3.01. The molecule has 134 valence electrons. The minimum atomic E-state index is 0. The Morgan fingerprint density at radius 2 is 1.13 bits per heavy atom. The monoisotopic (exact) mass is 383 g/mol. The molecule has 1 aromatic carbocycles. The summed E-state index contributed by atoms with van der Waals surface area (Å²) in [6.45, 7) is 4.71. The van der Waals surface area contributed by atoms with Gasteiger partial charge in [0.2, 0.25) is 0 Å². The van der Waals surface area contributed by atoms with E-state index in [0.717, 1.165) is 6.54 Å². The lowest BCUT2D eigenvalue weighted by molar-refractivity contribution is -0.671. The van der Waals surface area contributed by atoms with E-state index >= 15 is 0 Å². The van der Waals surface area contributed by atoms with Gasteiger partial charge >= 0.3 is 0 Å². The predicted octanol–water partition coefficient (Wildman–Crippen LogP) is 2.46. The zero-order valence-electron chi connectivity index (χ0n) is 15.2. The van der Waals surface area contributed by atoms with Gasteiger partial charge < -0.3 is 22.3 Å². The number of rotatable bonds is 15. The van der Waals surface area contributed by atoms with Gasteiger partial charge in [-0.15, -0.1) is 0 Å². The van der Waals surface area contributed by atoms with Crippen LogP contribution in [0, 0.1) is 0 Å². The first-order valence-corrected chi connectivity index (χ1v) is 9.79. The van der Waals surface area contributed by atoms with Gasteiger partial charge in [0.1, 0.15) is 6.54 Å². The van der Waals surface area contributed by atoms with Crippen molar-refractivity contribution in [3.05, 3.63) is 35.9 Å². The maximum atomic E-state index is 2.45. The number of hydrogen-bond donors (Lipinski definition) is 1. The van der Waals surface area contributed by atoms with Gasteiger partial charge in [-0.05, 0) is 12.8 Å². The van der Waals surface area contributed by atoms with Gasteiger partial charge in [0, 0.05) is 5.56 Å². The average molecular weight is 384 g/mol. The Morgan fingerprint density at radius 3 is 1.65 bits per heavy atom. The van der Waals surface area contributed by atoms with Gasteiger partial charge in [-0.2, -0.15) is 0 Å². The fourth-order valence-corrected chi connectivity index (χ4v) is 3.01. The number of halogens is 1. The summed E-state index contributed by atoms with van der Waals surface area (Å²) < 4.78 is 0. The molecule has 0 unspecified atom stereocenters. The molecule has 0 fully saturated rings. The Kier molecular flexibility index (Phi) is 17.7. The number of hydrogen-bond acceptors (Lipinski definition) is 0. The molecule has 1 rings (SSSR count). The van der Waals surface area contributed by atoms with Crippen molar-refractivity contribution >= 4 is 0 Å². The standard InChI is InChI=1S/C21H37N.BrH/c1-2-3-4-5-6-7-8-9-10-11-12-16-19-22-20-21-17-14-13-15-18-21;/h13-15,17-18,22H,2-12,16,19-20H2,1H3;1H. The molecule has 0 spiro atoms. The highest BCUT2D eigenvalue weighted by Gasteiger charge is 1.96. The lowest BCUT2D eigenvalue weighted by atomic mass is 10.1. The van der Waals surface area contributed by atoms with E-state index in [2.05, 4.69) is 42.6 Å². The molecule has 0 aliphatic heterocycles. The zero-order chi connectivity index (χ0) is 15.7. The van der Waals surface area contributed by atoms with Crippen LogP contribution in [0.5, 0.6) is 0 Å². The third-order valence-electron chi connectivity index (χ3n) is 4.48. The molecule has 2 N–H and O–H groups in total. The smallest absolute Gasteiger partial charge is 0.101 e. The number of benzene rings is 1. The second-order valence-corrected chi connectivity index (χ2v) is 6.66. The normalized spacial score (nSPS) is 10.5. The molecule has 2 heteroatoms. The van der Waals surface area contributed by atoms with Crippen LogP contribution in [0.25, 0.3) is 0 Å². The fraction of sp³-hybridized carbons (Fsp3) is 0.714. The first-order valence-electron chi connectivity index (χ1n) is 9.79. The Balaban J connectivity index is 0.00000484. The minimum absolute atomic E-state index is 0. The molecule has 0 radical (unpaired) electrons. The van der Waals surface area contributed by atoms with Crippen LogP contribution in [0.3, 0.4) is 0 Å². The molecule has 0 aliphatic carbocycles. The summed E-state index contributed by atoms with van der Waals surface area (Å²) in [6.07, 6.45) is 17.3. The van der Waals surface area contributed by atoms with Crippen molar-refractivity contribution in [1.82, 2.24) is 0 Å². The van der Waals surface area contributed by atoms with Crippen LogP contribution in [0.4, 0.5) is 0 Å². The first kappa shape index (κ1) is 22.7. The number of nitrogens with two attached hydrogens (primary N) is 1.